The van der Waals surface area contributed by atoms with Gasteiger partial charge in [-0.1, -0.05) is 38.1 Å². The molecule has 2 unspecified atom stereocenters. The fraction of sp³-hybridized carbons (Fsp3) is 0.387. The van der Waals surface area contributed by atoms with E-state index in [1.54, 1.807) is 20.0 Å². The summed E-state index contributed by atoms with van der Waals surface area (Å²) >= 11 is 0. The quantitative estimate of drug-likeness (QED) is 0.163. The molecule has 0 fully saturated rings. The van der Waals surface area contributed by atoms with Crippen molar-refractivity contribution in [3.8, 4) is 11.8 Å². The van der Waals surface area contributed by atoms with E-state index in [9.17, 15) is 30.1 Å². The number of nitriles is 1. The van der Waals surface area contributed by atoms with Crippen molar-refractivity contribution >= 4 is 23.3 Å². The fourth-order valence-corrected chi connectivity index (χ4v) is 4.65. The summed E-state index contributed by atoms with van der Waals surface area (Å²) in [6.07, 6.45) is -0.707. The highest BCUT2D eigenvalue weighted by molar-refractivity contribution is 6.00. The Morgan fingerprint density at radius 2 is 1.91 bits per heavy atom. The van der Waals surface area contributed by atoms with Crippen molar-refractivity contribution in [1.82, 2.24) is 10.6 Å². The monoisotopic (exact) mass is 607 g/mol. The van der Waals surface area contributed by atoms with Crippen molar-refractivity contribution < 1.29 is 33.8 Å². The molecule has 0 bridgehead atoms. The van der Waals surface area contributed by atoms with Gasteiger partial charge in [0.2, 0.25) is 0 Å². The minimum Gasteiger partial charge on any atom is -0.489 e. The Morgan fingerprint density at radius 1 is 1.18 bits per heavy atom. The van der Waals surface area contributed by atoms with E-state index in [4.69, 9.17) is 14.2 Å². The van der Waals surface area contributed by atoms with Crippen molar-refractivity contribution in [2.24, 2.45) is 0 Å². The molecule has 0 radical (unpaired) electrons. The summed E-state index contributed by atoms with van der Waals surface area (Å²) in [5, 5.41) is 37.4. The van der Waals surface area contributed by atoms with Crippen molar-refractivity contribution in [1.29, 1.82) is 5.26 Å². The zero-order valence-corrected chi connectivity index (χ0v) is 25.3. The Kier molecular flexibility index (Phi) is 11.8. The molecule has 0 aliphatic carbocycles. The number of likely N-dealkylation sites (N-methyl/N-ethyl adjacent to an activating group) is 1. The van der Waals surface area contributed by atoms with E-state index >= 15 is 0 Å². The normalized spacial score (nSPS) is 15.3. The first kappa shape index (κ1) is 33.6. The molecule has 0 saturated heterocycles. The molecular weight excluding hydrogens is 570 g/mol. The zero-order valence-electron chi connectivity index (χ0n) is 25.3. The molecule has 3 rings (SSSR count). The Labute approximate surface area is 255 Å². The molecule has 2 atom stereocenters. The van der Waals surface area contributed by atoms with Gasteiger partial charge in [0.25, 0.3) is 5.69 Å². The minimum atomic E-state index is -1.16. The van der Waals surface area contributed by atoms with Crippen LogP contribution in [0.5, 0.6) is 5.75 Å². The van der Waals surface area contributed by atoms with Crippen LogP contribution in [0.2, 0.25) is 0 Å². The van der Waals surface area contributed by atoms with Crippen LogP contribution in [0.1, 0.15) is 32.3 Å². The van der Waals surface area contributed by atoms with Crippen molar-refractivity contribution in [2.75, 3.05) is 45.4 Å². The number of esters is 2. The molecule has 0 saturated carbocycles. The van der Waals surface area contributed by atoms with E-state index in [1.807, 2.05) is 43.0 Å². The molecule has 0 spiro atoms. The number of carbonyl (C=O) groups is 2. The van der Waals surface area contributed by atoms with Gasteiger partial charge in [0.1, 0.15) is 36.8 Å². The average molecular weight is 608 g/mol. The highest BCUT2D eigenvalue weighted by Crippen LogP contribution is 2.40. The molecule has 1 heterocycles. The first-order chi connectivity index (χ1) is 21.0. The second-order valence-corrected chi connectivity index (χ2v) is 10.4. The second kappa shape index (κ2) is 15.5. The summed E-state index contributed by atoms with van der Waals surface area (Å²) in [5.74, 6) is -2.26. The van der Waals surface area contributed by atoms with Crippen LogP contribution in [-0.4, -0.2) is 74.6 Å². The van der Waals surface area contributed by atoms with Crippen LogP contribution in [0.25, 0.3) is 0 Å². The molecule has 13 nitrogen and oxygen atoms in total. The molecular formula is C31H37N5O8. The number of nitro groups is 1. The minimum absolute atomic E-state index is 0.0141. The highest BCUT2D eigenvalue weighted by Gasteiger charge is 2.39. The number of nitrogens with one attached hydrogen (secondary N) is 2. The third-order valence-corrected chi connectivity index (χ3v) is 6.84. The second-order valence-electron chi connectivity index (χ2n) is 10.4. The van der Waals surface area contributed by atoms with Gasteiger partial charge in [-0.3, -0.25) is 10.1 Å². The van der Waals surface area contributed by atoms with Gasteiger partial charge >= 0.3 is 11.9 Å². The zero-order chi connectivity index (χ0) is 32.4. The molecule has 1 aliphatic rings. The number of ether oxygens (including phenoxy) is 3. The number of non-ortho nitro benzene ring substituents is 1. The number of rotatable bonds is 14. The number of aliphatic hydroxyl groups excluding tert-OH is 1. The van der Waals surface area contributed by atoms with Crippen LogP contribution in [0.3, 0.4) is 0 Å². The van der Waals surface area contributed by atoms with Crippen LogP contribution in [0.15, 0.2) is 71.1 Å². The predicted molar refractivity (Wildman–Crippen MR) is 162 cm³/mol. The van der Waals surface area contributed by atoms with Gasteiger partial charge in [-0.25, -0.2) is 9.59 Å². The number of aliphatic hydroxyl groups is 1. The van der Waals surface area contributed by atoms with Gasteiger partial charge in [0, 0.05) is 37.5 Å². The van der Waals surface area contributed by atoms with E-state index in [-0.39, 0.29) is 59.6 Å². The number of dihydropyridines is 1. The van der Waals surface area contributed by atoms with E-state index < -0.39 is 28.9 Å². The van der Waals surface area contributed by atoms with Gasteiger partial charge in [0.15, 0.2) is 0 Å². The largest absolute Gasteiger partial charge is 0.489 e. The lowest BCUT2D eigenvalue weighted by Crippen LogP contribution is -2.35. The lowest BCUT2D eigenvalue weighted by molar-refractivity contribution is -0.384. The molecule has 13 heteroatoms. The van der Waals surface area contributed by atoms with Crippen molar-refractivity contribution in [3.63, 3.8) is 0 Å². The molecule has 2 aromatic rings. The van der Waals surface area contributed by atoms with Gasteiger partial charge < -0.3 is 34.9 Å². The first-order valence-electron chi connectivity index (χ1n) is 13.9. The standard InChI is InChI=1S/C31H37N5O8/c1-19(2)33-17-23(37)18-44-26-12-7-6-11-25(26)35(4)13-14-43-31(39)27-20(3)34-24(16-32)29(30(38)42-5)28(27)21-9-8-10-22(15-21)36(40)41/h6-12,15,19,23,28,33-34,37H,13-14,17-18H2,1-5H3. The number of nitro benzene ring substituents is 1. The van der Waals surface area contributed by atoms with Crippen LogP contribution >= 0.6 is 0 Å². The van der Waals surface area contributed by atoms with Crippen molar-refractivity contribution in [3.05, 3.63) is 86.7 Å². The Hall–Kier alpha value is -4.93. The SMILES string of the molecule is COC(=O)C1=C(C#N)NC(C)=C(C(=O)OCCN(C)c2ccccc2OCC(O)CNC(C)C)C1c1cccc([N+](=O)[O-])c1. The topological polar surface area (TPSA) is 176 Å². The first-order valence-corrected chi connectivity index (χ1v) is 13.9. The van der Waals surface area contributed by atoms with E-state index in [1.165, 1.54) is 24.3 Å². The number of nitrogens with zero attached hydrogens (tertiary/aromatic N) is 3. The average Bonchev–Trinajstić information content (AvgIpc) is 3.01. The number of anilines is 1. The maximum absolute atomic E-state index is 13.5. The highest BCUT2D eigenvalue weighted by atomic mass is 16.6. The molecule has 234 valence electrons. The number of hydrogen-bond acceptors (Lipinski definition) is 12. The number of hydrogen-bond donors (Lipinski definition) is 3. The fourth-order valence-electron chi connectivity index (χ4n) is 4.65. The molecule has 2 aromatic carbocycles. The number of benzene rings is 2. The predicted octanol–water partition coefficient (Wildman–Crippen LogP) is 2.92. The number of methoxy groups -OCH3 is 1. The lowest BCUT2D eigenvalue weighted by atomic mass is 9.80. The molecule has 3 N–H and O–H groups in total. The van der Waals surface area contributed by atoms with E-state index in [2.05, 4.69) is 10.6 Å². The Morgan fingerprint density at radius 3 is 2.57 bits per heavy atom. The third kappa shape index (κ3) is 8.33. The summed E-state index contributed by atoms with van der Waals surface area (Å²) in [5.41, 5.74) is 0.681. The molecule has 0 aromatic heterocycles. The van der Waals surface area contributed by atoms with Gasteiger partial charge in [0.05, 0.1) is 41.3 Å². The van der Waals surface area contributed by atoms with Gasteiger partial charge in [-0.2, -0.15) is 5.26 Å². The maximum atomic E-state index is 13.5. The summed E-state index contributed by atoms with van der Waals surface area (Å²) in [4.78, 5) is 39.1. The summed E-state index contributed by atoms with van der Waals surface area (Å²) < 4.78 is 16.4. The van der Waals surface area contributed by atoms with Crippen LogP contribution < -0.4 is 20.3 Å². The van der Waals surface area contributed by atoms with Gasteiger partial charge in [-0.05, 0) is 24.6 Å². The number of carbonyl (C=O) groups excluding carboxylic acids is 2. The van der Waals surface area contributed by atoms with Gasteiger partial charge in [-0.15, -0.1) is 0 Å². The van der Waals surface area contributed by atoms with E-state index in [0.29, 0.717) is 18.0 Å². The summed E-state index contributed by atoms with van der Waals surface area (Å²) in [6.45, 7) is 6.19. The number of para-hydroxylation sites is 2. The van der Waals surface area contributed by atoms with Crippen LogP contribution in [0.4, 0.5) is 11.4 Å². The third-order valence-electron chi connectivity index (χ3n) is 6.84. The Bertz CT molecular complexity index is 1480. The van der Waals surface area contributed by atoms with E-state index in [0.717, 1.165) is 7.11 Å². The number of allylic oxidation sites excluding steroid dienone is 2. The molecule has 44 heavy (non-hydrogen) atoms. The molecule has 0 amide bonds. The smallest absolute Gasteiger partial charge is 0.337 e. The van der Waals surface area contributed by atoms with Crippen molar-refractivity contribution in [2.45, 2.75) is 38.8 Å². The molecule has 1 aliphatic heterocycles. The van der Waals surface area contributed by atoms with Crippen LogP contribution in [0, 0.1) is 21.4 Å². The summed E-state index contributed by atoms with van der Waals surface area (Å²) in [6, 6.07) is 14.9. The lowest BCUT2D eigenvalue weighted by Gasteiger charge is -2.29. The summed E-state index contributed by atoms with van der Waals surface area (Å²) in [7, 11) is 2.93. The van der Waals surface area contributed by atoms with Crippen LogP contribution in [-0.2, 0) is 19.1 Å². The maximum Gasteiger partial charge on any atom is 0.337 e. The Balaban J connectivity index is 1.79.